The molecule has 0 spiro atoms. The van der Waals surface area contributed by atoms with Gasteiger partial charge in [0.1, 0.15) is 6.61 Å². The minimum absolute atomic E-state index is 0.225. The molecule has 0 aromatic heterocycles. The molecule has 0 atom stereocenters. The third-order valence-corrected chi connectivity index (χ3v) is 5.68. The van der Waals surface area contributed by atoms with Gasteiger partial charge in [-0.1, -0.05) is 50.8 Å². The van der Waals surface area contributed by atoms with E-state index in [9.17, 15) is 4.79 Å². The number of hydrogen-bond donors (Lipinski definition) is 0. The smallest absolute Gasteiger partial charge is 0.227 e. The zero-order valence-electron chi connectivity index (χ0n) is 18.2. The van der Waals surface area contributed by atoms with Crippen LogP contribution in [-0.4, -0.2) is 74.2 Å². The Morgan fingerprint density at radius 2 is 1.66 bits per heavy atom. The van der Waals surface area contributed by atoms with Crippen LogP contribution in [0, 0.1) is 17.3 Å². The van der Waals surface area contributed by atoms with Crippen molar-refractivity contribution >= 4 is 11.6 Å². The largest absolute Gasteiger partial charge is 0.369 e. The lowest BCUT2D eigenvalue weighted by Gasteiger charge is -2.35. The van der Waals surface area contributed by atoms with Crippen LogP contribution in [-0.2, 0) is 9.53 Å². The zero-order chi connectivity index (χ0) is 20.7. The molecule has 0 unspecified atom stereocenters. The van der Waals surface area contributed by atoms with E-state index in [0.29, 0.717) is 6.61 Å². The highest BCUT2D eigenvalue weighted by atomic mass is 16.5. The van der Waals surface area contributed by atoms with E-state index in [4.69, 9.17) is 4.74 Å². The maximum atomic E-state index is 12.3. The lowest BCUT2D eigenvalue weighted by molar-refractivity contribution is -0.141. The number of nitrogens with zero attached hydrogens (tertiary/aromatic N) is 3. The topological polar surface area (TPSA) is 36.0 Å². The van der Waals surface area contributed by atoms with Crippen LogP contribution in [0.4, 0.5) is 5.69 Å². The van der Waals surface area contributed by atoms with Crippen molar-refractivity contribution in [3.05, 3.63) is 30.3 Å². The van der Waals surface area contributed by atoms with E-state index >= 15 is 0 Å². The van der Waals surface area contributed by atoms with Gasteiger partial charge in [-0.2, -0.15) is 0 Å². The Kier molecular flexibility index (Phi) is 7.57. The summed E-state index contributed by atoms with van der Waals surface area (Å²) in [5.74, 6) is 6.68. The Hall–Kier alpha value is -2.03. The maximum Gasteiger partial charge on any atom is 0.227 e. The number of rotatable bonds is 4. The van der Waals surface area contributed by atoms with E-state index < -0.39 is 0 Å². The molecule has 158 valence electrons. The second-order valence-electron chi connectivity index (χ2n) is 9.00. The predicted octanol–water partition coefficient (Wildman–Crippen LogP) is 2.87. The molecular weight excluding hydrogens is 362 g/mol. The molecule has 2 fully saturated rings. The van der Waals surface area contributed by atoms with E-state index in [1.165, 1.54) is 5.69 Å². The number of carbonyl (C=O) groups is 1. The number of ether oxygens (including phenoxy) is 1. The van der Waals surface area contributed by atoms with Gasteiger partial charge >= 0.3 is 0 Å². The fourth-order valence-electron chi connectivity index (χ4n) is 3.88. The summed E-state index contributed by atoms with van der Waals surface area (Å²) in [5.41, 5.74) is 1.01. The minimum Gasteiger partial charge on any atom is -0.369 e. The first-order valence-electron chi connectivity index (χ1n) is 10.8. The summed E-state index contributed by atoms with van der Waals surface area (Å²) in [6, 6.07) is 10.6. The van der Waals surface area contributed by atoms with Crippen molar-refractivity contribution in [2.75, 3.05) is 57.3 Å². The van der Waals surface area contributed by atoms with E-state index in [2.05, 4.69) is 52.0 Å². The van der Waals surface area contributed by atoms with Crippen molar-refractivity contribution in [2.24, 2.45) is 5.41 Å². The standard InChI is InChI=1S/C24H35N3O2/c1-24(2,3)23(28)27-14-11-22(12-15-27)29-20-8-7-13-25-16-18-26(19-17-25)21-9-5-4-6-10-21/h4-6,9-10,22H,11-20H2,1-3H3. The molecule has 0 aliphatic carbocycles. The van der Waals surface area contributed by atoms with Crippen LogP contribution in [0.2, 0.25) is 0 Å². The second kappa shape index (κ2) is 10.1. The quantitative estimate of drug-likeness (QED) is 0.732. The number of hydrogen-bond acceptors (Lipinski definition) is 4. The van der Waals surface area contributed by atoms with E-state index in [1.54, 1.807) is 0 Å². The summed E-state index contributed by atoms with van der Waals surface area (Å²) in [6.45, 7) is 13.0. The SMILES string of the molecule is CC(C)(C)C(=O)N1CCC(OCC#CCN2CCN(c3ccccc3)CC2)CC1. The molecule has 1 aromatic carbocycles. The van der Waals surface area contributed by atoms with Gasteiger partial charge in [-0.25, -0.2) is 0 Å². The fraction of sp³-hybridized carbons (Fsp3) is 0.625. The van der Waals surface area contributed by atoms with Gasteiger partial charge in [-0.3, -0.25) is 9.69 Å². The van der Waals surface area contributed by atoms with Gasteiger partial charge in [0.15, 0.2) is 0 Å². The van der Waals surface area contributed by atoms with Crippen LogP contribution < -0.4 is 4.90 Å². The van der Waals surface area contributed by atoms with Crippen molar-refractivity contribution in [1.82, 2.24) is 9.80 Å². The van der Waals surface area contributed by atoms with E-state index in [-0.39, 0.29) is 17.4 Å². The van der Waals surface area contributed by atoms with Gasteiger partial charge in [-0.05, 0) is 25.0 Å². The van der Waals surface area contributed by atoms with Gasteiger partial charge in [0.05, 0.1) is 12.6 Å². The third kappa shape index (κ3) is 6.48. The number of piperazine rings is 1. The van der Waals surface area contributed by atoms with Crippen LogP contribution in [0.3, 0.4) is 0 Å². The average molecular weight is 398 g/mol. The minimum atomic E-state index is -0.300. The zero-order valence-corrected chi connectivity index (χ0v) is 18.2. The highest BCUT2D eigenvalue weighted by Crippen LogP contribution is 2.22. The normalized spacial score (nSPS) is 19.0. The first kappa shape index (κ1) is 21.7. The molecule has 29 heavy (non-hydrogen) atoms. The highest BCUT2D eigenvalue weighted by molar-refractivity contribution is 5.81. The van der Waals surface area contributed by atoms with Crippen LogP contribution in [0.25, 0.3) is 0 Å². The first-order valence-corrected chi connectivity index (χ1v) is 10.8. The molecule has 2 heterocycles. The van der Waals surface area contributed by atoms with E-state index in [0.717, 1.165) is 58.7 Å². The number of likely N-dealkylation sites (tertiary alicyclic amines) is 1. The molecule has 2 aliphatic rings. The predicted molar refractivity (Wildman–Crippen MR) is 118 cm³/mol. The Morgan fingerprint density at radius 3 is 2.28 bits per heavy atom. The second-order valence-corrected chi connectivity index (χ2v) is 9.00. The van der Waals surface area contributed by atoms with Crippen molar-refractivity contribution in [1.29, 1.82) is 0 Å². The van der Waals surface area contributed by atoms with Crippen LogP contribution in [0.5, 0.6) is 0 Å². The molecule has 0 N–H and O–H groups in total. The molecule has 0 saturated carbocycles. The molecule has 5 heteroatoms. The third-order valence-electron chi connectivity index (χ3n) is 5.68. The lowest BCUT2D eigenvalue weighted by atomic mass is 9.93. The summed E-state index contributed by atoms with van der Waals surface area (Å²) < 4.78 is 5.92. The number of amides is 1. The van der Waals surface area contributed by atoms with Gasteiger partial charge in [-0.15, -0.1) is 0 Å². The molecular formula is C24H35N3O2. The van der Waals surface area contributed by atoms with Crippen molar-refractivity contribution in [3.8, 4) is 11.8 Å². The number of carbonyl (C=O) groups excluding carboxylic acids is 1. The summed E-state index contributed by atoms with van der Waals surface area (Å²) in [7, 11) is 0. The summed E-state index contributed by atoms with van der Waals surface area (Å²) in [5, 5.41) is 0. The van der Waals surface area contributed by atoms with Gasteiger partial charge in [0.2, 0.25) is 5.91 Å². The summed E-state index contributed by atoms with van der Waals surface area (Å²) in [4.78, 5) is 19.1. The summed E-state index contributed by atoms with van der Waals surface area (Å²) >= 11 is 0. The number of piperidine rings is 1. The summed E-state index contributed by atoms with van der Waals surface area (Å²) in [6.07, 6.45) is 2.04. The van der Waals surface area contributed by atoms with Crippen molar-refractivity contribution in [3.63, 3.8) is 0 Å². The van der Waals surface area contributed by atoms with Gasteiger partial charge in [0, 0.05) is 50.4 Å². The van der Waals surface area contributed by atoms with Crippen LogP contribution >= 0.6 is 0 Å². The molecule has 5 nitrogen and oxygen atoms in total. The molecule has 1 amide bonds. The monoisotopic (exact) mass is 397 g/mol. The van der Waals surface area contributed by atoms with Crippen LogP contribution in [0.15, 0.2) is 30.3 Å². The molecule has 2 aliphatic heterocycles. The van der Waals surface area contributed by atoms with Gasteiger partial charge in [0.25, 0.3) is 0 Å². The first-order chi connectivity index (χ1) is 13.9. The van der Waals surface area contributed by atoms with E-state index in [1.807, 2.05) is 25.7 Å². The molecule has 1 aromatic rings. The lowest BCUT2D eigenvalue weighted by Crippen LogP contribution is -2.46. The molecule has 0 bridgehead atoms. The maximum absolute atomic E-state index is 12.3. The fourth-order valence-corrected chi connectivity index (χ4v) is 3.88. The highest BCUT2D eigenvalue weighted by Gasteiger charge is 2.30. The van der Waals surface area contributed by atoms with Crippen molar-refractivity contribution in [2.45, 2.75) is 39.7 Å². The Labute approximate surface area is 176 Å². The van der Waals surface area contributed by atoms with Gasteiger partial charge < -0.3 is 14.5 Å². The number of para-hydroxylation sites is 1. The number of anilines is 1. The Bertz CT molecular complexity index is 701. The Balaban J connectivity index is 1.30. The molecule has 2 saturated heterocycles. The molecule has 3 rings (SSSR count). The van der Waals surface area contributed by atoms with Crippen LogP contribution in [0.1, 0.15) is 33.6 Å². The van der Waals surface area contributed by atoms with Crippen molar-refractivity contribution < 1.29 is 9.53 Å². The molecule has 0 radical (unpaired) electrons. The average Bonchev–Trinajstić information content (AvgIpc) is 2.74. The number of benzene rings is 1. The Morgan fingerprint density at radius 1 is 1.00 bits per heavy atom.